The van der Waals surface area contributed by atoms with E-state index in [1.165, 1.54) is 11.6 Å². The van der Waals surface area contributed by atoms with Gasteiger partial charge in [0.05, 0.1) is 0 Å². The summed E-state index contributed by atoms with van der Waals surface area (Å²) in [5.41, 5.74) is 1.07. The quantitative estimate of drug-likeness (QED) is 0.757. The largest absolute Gasteiger partial charge is 0.342 e. The van der Waals surface area contributed by atoms with E-state index in [1.807, 2.05) is 30.3 Å². The first-order valence-corrected chi connectivity index (χ1v) is 9.63. The van der Waals surface area contributed by atoms with Crippen LogP contribution in [0.2, 0.25) is 0 Å². The smallest absolute Gasteiger partial charge is 0.250 e. The highest BCUT2D eigenvalue weighted by atomic mass is 16.2. The van der Waals surface area contributed by atoms with E-state index in [-0.39, 0.29) is 29.6 Å². The summed E-state index contributed by atoms with van der Waals surface area (Å²) in [5.74, 6) is 0.202. The number of likely N-dealkylation sites (tertiary alicyclic amines) is 1. The second kappa shape index (κ2) is 9.31. The van der Waals surface area contributed by atoms with E-state index in [4.69, 9.17) is 0 Å². The van der Waals surface area contributed by atoms with E-state index in [9.17, 15) is 14.4 Å². The van der Waals surface area contributed by atoms with Crippen LogP contribution >= 0.6 is 0 Å². The van der Waals surface area contributed by atoms with E-state index >= 15 is 0 Å². The molecule has 1 aliphatic heterocycles. The van der Waals surface area contributed by atoms with Crippen LogP contribution in [0, 0.1) is 5.92 Å². The first kappa shape index (κ1) is 19.1. The Kier molecular flexibility index (Phi) is 6.58. The number of aromatic nitrogens is 1. The number of hydrogen-bond donors (Lipinski definition) is 0. The molecule has 1 amide bonds. The maximum atomic E-state index is 12.6. The summed E-state index contributed by atoms with van der Waals surface area (Å²) in [5, 5.41) is 0. The van der Waals surface area contributed by atoms with Gasteiger partial charge < -0.3 is 9.47 Å². The Bertz CT molecular complexity index is 829. The lowest BCUT2D eigenvalue weighted by Crippen LogP contribution is -2.42. The molecular formula is C22H26N2O3. The molecule has 2 heterocycles. The number of amides is 1. The van der Waals surface area contributed by atoms with Crippen LogP contribution < -0.4 is 5.56 Å². The highest BCUT2D eigenvalue weighted by Gasteiger charge is 2.27. The number of aryl methyl sites for hydroxylation is 2. The standard InChI is InChI=1S/C22H26N2O3/c25-20(12-11-18-7-2-1-3-8-18)19-9-6-15-24(17-19)22(27)13-16-23-14-5-4-10-21(23)26/h1-5,7-8,10,14,19H,6,9,11-13,15-17H2/t19-/m0/s1. The molecular weight excluding hydrogens is 340 g/mol. The molecule has 1 aromatic carbocycles. The number of carbonyl (C=O) groups is 2. The Balaban J connectivity index is 1.49. The summed E-state index contributed by atoms with van der Waals surface area (Å²) in [6.07, 6.45) is 4.97. The molecule has 0 saturated carbocycles. The number of rotatable bonds is 7. The Hall–Kier alpha value is -2.69. The van der Waals surface area contributed by atoms with Crippen LogP contribution in [0.5, 0.6) is 0 Å². The van der Waals surface area contributed by atoms with Gasteiger partial charge in [-0.1, -0.05) is 36.4 Å². The van der Waals surface area contributed by atoms with Crippen molar-refractivity contribution in [2.75, 3.05) is 13.1 Å². The Morgan fingerprint density at radius 2 is 1.78 bits per heavy atom. The fraction of sp³-hybridized carbons (Fsp3) is 0.409. The molecule has 0 radical (unpaired) electrons. The van der Waals surface area contributed by atoms with E-state index in [2.05, 4.69) is 0 Å². The number of Topliss-reactive ketones (excluding diaryl/α,β-unsaturated/α-hetero) is 1. The number of pyridine rings is 1. The molecule has 142 valence electrons. The zero-order valence-electron chi connectivity index (χ0n) is 15.5. The molecule has 1 aliphatic rings. The minimum absolute atomic E-state index is 0.0197. The van der Waals surface area contributed by atoms with E-state index in [1.54, 1.807) is 27.8 Å². The average molecular weight is 366 g/mol. The number of piperidine rings is 1. The number of benzene rings is 1. The van der Waals surface area contributed by atoms with E-state index in [0.29, 0.717) is 26.1 Å². The predicted octanol–water partition coefficient (Wildman–Crippen LogP) is 2.68. The van der Waals surface area contributed by atoms with Crippen molar-refractivity contribution in [2.45, 2.75) is 38.6 Å². The molecule has 0 unspecified atom stereocenters. The Morgan fingerprint density at radius 3 is 2.56 bits per heavy atom. The maximum absolute atomic E-state index is 12.6. The summed E-state index contributed by atoms with van der Waals surface area (Å²) in [6.45, 7) is 1.59. The first-order chi connectivity index (χ1) is 13.1. The van der Waals surface area contributed by atoms with Gasteiger partial charge in [-0.05, 0) is 30.9 Å². The lowest BCUT2D eigenvalue weighted by molar-refractivity contribution is -0.135. The van der Waals surface area contributed by atoms with Gasteiger partial charge in [-0.2, -0.15) is 0 Å². The van der Waals surface area contributed by atoms with Crippen molar-refractivity contribution in [1.29, 1.82) is 0 Å². The molecule has 1 atom stereocenters. The van der Waals surface area contributed by atoms with Crippen molar-refractivity contribution in [1.82, 2.24) is 9.47 Å². The summed E-state index contributed by atoms with van der Waals surface area (Å²) >= 11 is 0. The van der Waals surface area contributed by atoms with Gasteiger partial charge in [0.2, 0.25) is 5.91 Å². The molecule has 1 aromatic heterocycles. The van der Waals surface area contributed by atoms with Gasteiger partial charge in [0, 0.05) is 50.7 Å². The molecule has 5 heteroatoms. The fourth-order valence-corrected chi connectivity index (χ4v) is 3.60. The van der Waals surface area contributed by atoms with Crippen molar-refractivity contribution < 1.29 is 9.59 Å². The van der Waals surface area contributed by atoms with Crippen LogP contribution in [0.3, 0.4) is 0 Å². The molecule has 1 fully saturated rings. The van der Waals surface area contributed by atoms with Gasteiger partial charge in [-0.15, -0.1) is 0 Å². The highest BCUT2D eigenvalue weighted by molar-refractivity contribution is 5.83. The second-order valence-corrected chi connectivity index (χ2v) is 7.11. The molecule has 0 spiro atoms. The van der Waals surface area contributed by atoms with Crippen LogP contribution in [0.1, 0.15) is 31.2 Å². The second-order valence-electron chi connectivity index (χ2n) is 7.11. The molecule has 2 aromatic rings. The fourth-order valence-electron chi connectivity index (χ4n) is 3.60. The van der Waals surface area contributed by atoms with Crippen molar-refractivity contribution >= 4 is 11.7 Å². The van der Waals surface area contributed by atoms with Crippen LogP contribution in [-0.2, 0) is 22.6 Å². The van der Waals surface area contributed by atoms with Crippen LogP contribution in [0.15, 0.2) is 59.5 Å². The lowest BCUT2D eigenvalue weighted by atomic mass is 9.90. The Morgan fingerprint density at radius 1 is 1.00 bits per heavy atom. The number of hydrogen-bond acceptors (Lipinski definition) is 3. The number of nitrogens with zero attached hydrogens (tertiary/aromatic N) is 2. The van der Waals surface area contributed by atoms with Crippen molar-refractivity contribution in [3.05, 3.63) is 70.6 Å². The molecule has 27 heavy (non-hydrogen) atoms. The van der Waals surface area contributed by atoms with Gasteiger partial charge in [0.15, 0.2) is 0 Å². The SMILES string of the molecule is O=C(CCc1ccccc1)[C@H]1CCCN(C(=O)CCn2ccccc2=O)C1. The van der Waals surface area contributed by atoms with Crippen LogP contribution in [0.25, 0.3) is 0 Å². The third kappa shape index (κ3) is 5.39. The Labute approximate surface area is 159 Å². The molecule has 0 N–H and O–H groups in total. The van der Waals surface area contributed by atoms with Gasteiger partial charge in [0.1, 0.15) is 5.78 Å². The molecule has 1 saturated heterocycles. The predicted molar refractivity (Wildman–Crippen MR) is 104 cm³/mol. The average Bonchev–Trinajstić information content (AvgIpc) is 2.72. The lowest BCUT2D eigenvalue weighted by Gasteiger charge is -2.32. The zero-order valence-corrected chi connectivity index (χ0v) is 15.5. The minimum Gasteiger partial charge on any atom is -0.342 e. The van der Waals surface area contributed by atoms with E-state index in [0.717, 1.165) is 19.3 Å². The number of ketones is 1. The van der Waals surface area contributed by atoms with E-state index < -0.39 is 0 Å². The molecule has 3 rings (SSSR count). The summed E-state index contributed by atoms with van der Waals surface area (Å²) < 4.78 is 1.55. The first-order valence-electron chi connectivity index (χ1n) is 9.63. The van der Waals surface area contributed by atoms with Crippen molar-refractivity contribution in [2.24, 2.45) is 5.92 Å². The van der Waals surface area contributed by atoms with Gasteiger partial charge in [-0.25, -0.2) is 0 Å². The van der Waals surface area contributed by atoms with Gasteiger partial charge in [-0.3, -0.25) is 14.4 Å². The summed E-state index contributed by atoms with van der Waals surface area (Å²) in [6, 6.07) is 15.0. The third-order valence-electron chi connectivity index (χ3n) is 5.20. The topological polar surface area (TPSA) is 59.4 Å². The number of carbonyl (C=O) groups excluding carboxylic acids is 2. The zero-order chi connectivity index (χ0) is 19.1. The molecule has 5 nitrogen and oxygen atoms in total. The van der Waals surface area contributed by atoms with Gasteiger partial charge >= 0.3 is 0 Å². The van der Waals surface area contributed by atoms with Gasteiger partial charge in [0.25, 0.3) is 5.56 Å². The van der Waals surface area contributed by atoms with Crippen molar-refractivity contribution in [3.63, 3.8) is 0 Å². The monoisotopic (exact) mass is 366 g/mol. The van der Waals surface area contributed by atoms with Crippen molar-refractivity contribution in [3.8, 4) is 0 Å². The highest BCUT2D eigenvalue weighted by Crippen LogP contribution is 2.20. The molecule has 0 aliphatic carbocycles. The summed E-state index contributed by atoms with van der Waals surface area (Å²) in [4.78, 5) is 38.6. The molecule has 0 bridgehead atoms. The third-order valence-corrected chi connectivity index (χ3v) is 5.20. The van der Waals surface area contributed by atoms with Crippen LogP contribution in [0.4, 0.5) is 0 Å². The summed E-state index contributed by atoms with van der Waals surface area (Å²) in [7, 11) is 0. The van der Waals surface area contributed by atoms with Crippen LogP contribution in [-0.4, -0.2) is 34.2 Å². The minimum atomic E-state index is -0.0992. The normalized spacial score (nSPS) is 16.9. The maximum Gasteiger partial charge on any atom is 0.250 e.